The Morgan fingerprint density at radius 3 is 2.94 bits per heavy atom. The van der Waals surface area contributed by atoms with Gasteiger partial charge in [0.1, 0.15) is 0 Å². The van der Waals surface area contributed by atoms with Crippen molar-refractivity contribution in [1.29, 1.82) is 0 Å². The standard InChI is InChI=1S/C12H23N3O2/c1-10(2)13-6-3-4-12(17)15-8-5-11(16)14-7-9-15/h10,13H,3-9H2,1-2H3,(H,14,16). The molecule has 1 heterocycles. The molecule has 0 aromatic rings. The van der Waals surface area contributed by atoms with Crippen molar-refractivity contribution in [3.8, 4) is 0 Å². The highest BCUT2D eigenvalue weighted by Crippen LogP contribution is 2.01. The Hall–Kier alpha value is -1.10. The molecule has 5 heteroatoms. The van der Waals surface area contributed by atoms with Crippen LogP contribution in [0.3, 0.4) is 0 Å². The molecule has 17 heavy (non-hydrogen) atoms. The van der Waals surface area contributed by atoms with Crippen molar-refractivity contribution in [1.82, 2.24) is 15.5 Å². The van der Waals surface area contributed by atoms with Gasteiger partial charge < -0.3 is 15.5 Å². The topological polar surface area (TPSA) is 61.4 Å². The predicted molar refractivity (Wildman–Crippen MR) is 66.6 cm³/mol. The lowest BCUT2D eigenvalue weighted by Crippen LogP contribution is -2.34. The molecule has 1 fully saturated rings. The number of carbonyl (C=O) groups is 2. The molecule has 1 aliphatic rings. The largest absolute Gasteiger partial charge is 0.354 e. The Labute approximate surface area is 103 Å². The van der Waals surface area contributed by atoms with E-state index >= 15 is 0 Å². The Morgan fingerprint density at radius 1 is 1.47 bits per heavy atom. The van der Waals surface area contributed by atoms with Crippen LogP contribution >= 0.6 is 0 Å². The highest BCUT2D eigenvalue weighted by molar-refractivity contribution is 5.80. The molecule has 1 rings (SSSR count). The Morgan fingerprint density at radius 2 is 2.24 bits per heavy atom. The van der Waals surface area contributed by atoms with Crippen molar-refractivity contribution in [3.63, 3.8) is 0 Å². The number of rotatable bonds is 5. The first-order valence-corrected chi connectivity index (χ1v) is 6.37. The minimum absolute atomic E-state index is 0.0433. The van der Waals surface area contributed by atoms with Crippen molar-refractivity contribution in [2.75, 3.05) is 26.2 Å². The fourth-order valence-electron chi connectivity index (χ4n) is 1.80. The van der Waals surface area contributed by atoms with Crippen molar-refractivity contribution in [2.24, 2.45) is 0 Å². The summed E-state index contributed by atoms with van der Waals surface area (Å²) in [5.74, 6) is 0.203. The van der Waals surface area contributed by atoms with Crippen LogP contribution < -0.4 is 10.6 Å². The third-order valence-electron chi connectivity index (χ3n) is 2.79. The summed E-state index contributed by atoms with van der Waals surface area (Å²) in [5, 5.41) is 6.05. The molecule has 0 saturated carbocycles. The molecule has 0 unspecified atom stereocenters. The molecule has 0 spiro atoms. The molecule has 0 atom stereocenters. The molecule has 0 radical (unpaired) electrons. The fourth-order valence-corrected chi connectivity index (χ4v) is 1.80. The molecule has 1 saturated heterocycles. The van der Waals surface area contributed by atoms with E-state index in [4.69, 9.17) is 0 Å². The van der Waals surface area contributed by atoms with E-state index in [1.54, 1.807) is 4.90 Å². The smallest absolute Gasteiger partial charge is 0.222 e. The van der Waals surface area contributed by atoms with Gasteiger partial charge in [0.15, 0.2) is 0 Å². The second kappa shape index (κ2) is 7.27. The SMILES string of the molecule is CC(C)NCCCC(=O)N1CCNC(=O)CC1. The molecular weight excluding hydrogens is 218 g/mol. The summed E-state index contributed by atoms with van der Waals surface area (Å²) in [6.45, 7) is 6.83. The zero-order valence-corrected chi connectivity index (χ0v) is 10.8. The Kier molecular flexibility index (Phi) is 5.97. The molecule has 5 nitrogen and oxygen atoms in total. The van der Waals surface area contributed by atoms with Crippen LogP contribution in [0, 0.1) is 0 Å². The molecule has 0 aliphatic carbocycles. The van der Waals surface area contributed by atoms with Crippen LogP contribution in [0.15, 0.2) is 0 Å². The summed E-state index contributed by atoms with van der Waals surface area (Å²) in [6, 6.07) is 0.463. The number of hydrogen-bond donors (Lipinski definition) is 2. The third kappa shape index (κ3) is 5.68. The lowest BCUT2D eigenvalue weighted by molar-refractivity contribution is -0.131. The number of nitrogens with zero attached hydrogens (tertiary/aromatic N) is 1. The maximum atomic E-state index is 11.9. The lowest BCUT2D eigenvalue weighted by atomic mass is 10.2. The van der Waals surface area contributed by atoms with Crippen LogP contribution in [-0.2, 0) is 9.59 Å². The summed E-state index contributed by atoms with van der Waals surface area (Å²) < 4.78 is 0. The Bertz CT molecular complexity index is 266. The monoisotopic (exact) mass is 241 g/mol. The minimum Gasteiger partial charge on any atom is -0.354 e. The molecular formula is C12H23N3O2. The van der Waals surface area contributed by atoms with Gasteiger partial charge in [-0.15, -0.1) is 0 Å². The first-order valence-electron chi connectivity index (χ1n) is 6.37. The summed E-state index contributed by atoms with van der Waals surface area (Å²) >= 11 is 0. The average Bonchev–Trinajstić information content (AvgIpc) is 2.49. The van der Waals surface area contributed by atoms with Gasteiger partial charge >= 0.3 is 0 Å². The van der Waals surface area contributed by atoms with Crippen LogP contribution in [0.4, 0.5) is 0 Å². The molecule has 2 N–H and O–H groups in total. The number of hydrogen-bond acceptors (Lipinski definition) is 3. The van der Waals surface area contributed by atoms with Gasteiger partial charge in [0.2, 0.25) is 11.8 Å². The van der Waals surface area contributed by atoms with E-state index < -0.39 is 0 Å². The third-order valence-corrected chi connectivity index (χ3v) is 2.79. The van der Waals surface area contributed by atoms with Crippen molar-refractivity contribution in [3.05, 3.63) is 0 Å². The number of amides is 2. The van der Waals surface area contributed by atoms with Gasteiger partial charge in [0, 0.05) is 38.5 Å². The normalized spacial score (nSPS) is 16.9. The second-order valence-corrected chi connectivity index (χ2v) is 4.69. The first kappa shape index (κ1) is 14.0. The average molecular weight is 241 g/mol. The first-order chi connectivity index (χ1) is 8.09. The fraction of sp³-hybridized carbons (Fsp3) is 0.833. The van der Waals surface area contributed by atoms with Crippen molar-refractivity contribution < 1.29 is 9.59 Å². The van der Waals surface area contributed by atoms with Crippen LogP contribution in [0.5, 0.6) is 0 Å². The van der Waals surface area contributed by atoms with E-state index in [-0.39, 0.29) is 11.8 Å². The summed E-state index contributed by atoms with van der Waals surface area (Å²) in [6.07, 6.45) is 1.85. The van der Waals surface area contributed by atoms with Crippen LogP contribution in [0.2, 0.25) is 0 Å². The van der Waals surface area contributed by atoms with Gasteiger partial charge in [-0.2, -0.15) is 0 Å². The van der Waals surface area contributed by atoms with E-state index in [1.165, 1.54) is 0 Å². The van der Waals surface area contributed by atoms with Gasteiger partial charge in [-0.3, -0.25) is 9.59 Å². The predicted octanol–water partition coefficient (Wildman–Crippen LogP) is 0.113. The van der Waals surface area contributed by atoms with E-state index in [0.29, 0.717) is 38.5 Å². The quantitative estimate of drug-likeness (QED) is 0.672. The summed E-state index contributed by atoms with van der Waals surface area (Å²) in [7, 11) is 0. The molecule has 0 bridgehead atoms. The maximum Gasteiger partial charge on any atom is 0.222 e. The number of carbonyl (C=O) groups excluding carboxylic acids is 2. The maximum absolute atomic E-state index is 11.9. The van der Waals surface area contributed by atoms with Crippen LogP contribution in [-0.4, -0.2) is 48.9 Å². The molecule has 0 aromatic heterocycles. The highest BCUT2D eigenvalue weighted by Gasteiger charge is 2.17. The van der Waals surface area contributed by atoms with Gasteiger partial charge in [-0.25, -0.2) is 0 Å². The molecule has 98 valence electrons. The van der Waals surface area contributed by atoms with Crippen molar-refractivity contribution in [2.45, 2.75) is 39.2 Å². The summed E-state index contributed by atoms with van der Waals surface area (Å²) in [4.78, 5) is 24.8. The van der Waals surface area contributed by atoms with Crippen LogP contribution in [0.1, 0.15) is 33.1 Å². The highest BCUT2D eigenvalue weighted by atomic mass is 16.2. The van der Waals surface area contributed by atoms with Gasteiger partial charge in [-0.05, 0) is 13.0 Å². The van der Waals surface area contributed by atoms with Gasteiger partial charge in [0.25, 0.3) is 0 Å². The molecule has 1 aliphatic heterocycles. The number of nitrogens with one attached hydrogen (secondary N) is 2. The lowest BCUT2D eigenvalue weighted by Gasteiger charge is -2.19. The summed E-state index contributed by atoms with van der Waals surface area (Å²) in [5.41, 5.74) is 0. The van der Waals surface area contributed by atoms with Gasteiger partial charge in [-0.1, -0.05) is 13.8 Å². The zero-order valence-electron chi connectivity index (χ0n) is 10.8. The molecule has 0 aromatic carbocycles. The van der Waals surface area contributed by atoms with E-state index in [2.05, 4.69) is 24.5 Å². The Balaban J connectivity index is 2.20. The van der Waals surface area contributed by atoms with Crippen molar-refractivity contribution >= 4 is 11.8 Å². The minimum atomic E-state index is 0.0433. The van der Waals surface area contributed by atoms with Gasteiger partial charge in [0.05, 0.1) is 0 Å². The zero-order chi connectivity index (χ0) is 12.7. The van der Waals surface area contributed by atoms with E-state index in [9.17, 15) is 9.59 Å². The van der Waals surface area contributed by atoms with Crippen LogP contribution in [0.25, 0.3) is 0 Å². The van der Waals surface area contributed by atoms with E-state index in [0.717, 1.165) is 13.0 Å². The van der Waals surface area contributed by atoms with E-state index in [1.807, 2.05) is 0 Å². The molecule has 2 amide bonds. The second-order valence-electron chi connectivity index (χ2n) is 4.69.